The molecule has 116 valence electrons. The third kappa shape index (κ3) is 4.67. The van der Waals surface area contributed by atoms with Crippen LogP contribution in [0.5, 0.6) is 0 Å². The highest BCUT2D eigenvalue weighted by Crippen LogP contribution is 2.08. The lowest BCUT2D eigenvalue weighted by Gasteiger charge is -2.18. The molecular weight excluding hydrogens is 274 g/mol. The van der Waals surface area contributed by atoms with Crippen molar-refractivity contribution < 1.29 is 4.79 Å². The minimum Gasteiger partial charge on any atom is -0.346 e. The number of carbonyl (C=O) groups excluding carboxylic acids is 1. The molecule has 0 unspecified atom stereocenters. The molecule has 1 N–H and O–H groups in total. The molecule has 0 bridgehead atoms. The van der Waals surface area contributed by atoms with Crippen LogP contribution >= 0.6 is 0 Å². The first kappa shape index (κ1) is 16.2. The average molecular weight is 297 g/mol. The number of aromatic nitrogens is 1. The van der Waals surface area contributed by atoms with Gasteiger partial charge in [-0.25, -0.2) is 0 Å². The molecule has 1 heterocycles. The lowest BCUT2D eigenvalue weighted by molar-refractivity contribution is 0.0950. The molecule has 0 saturated carbocycles. The van der Waals surface area contributed by atoms with E-state index in [4.69, 9.17) is 0 Å². The van der Waals surface area contributed by atoms with E-state index < -0.39 is 0 Å². The largest absolute Gasteiger partial charge is 0.346 e. The van der Waals surface area contributed by atoms with Gasteiger partial charge in [0.2, 0.25) is 0 Å². The van der Waals surface area contributed by atoms with Crippen LogP contribution in [-0.4, -0.2) is 28.9 Å². The predicted octanol–water partition coefficient (Wildman–Crippen LogP) is 2.85. The zero-order chi connectivity index (χ0) is 15.8. The molecule has 1 aromatic heterocycles. The second-order valence-electron chi connectivity index (χ2n) is 5.16. The molecule has 4 heteroatoms. The molecule has 0 aliphatic carbocycles. The number of nitrogens with one attached hydrogen (secondary N) is 1. The molecule has 0 spiro atoms. The van der Waals surface area contributed by atoms with Gasteiger partial charge in [0.25, 0.3) is 5.91 Å². The fourth-order valence-electron chi connectivity index (χ4n) is 2.24. The van der Waals surface area contributed by atoms with Gasteiger partial charge in [-0.15, -0.1) is 0 Å². The monoisotopic (exact) mass is 297 g/mol. The lowest BCUT2D eigenvalue weighted by atomic mass is 10.1. The molecule has 0 saturated heterocycles. The van der Waals surface area contributed by atoms with Crippen molar-refractivity contribution in [1.29, 1.82) is 0 Å². The Morgan fingerprint density at radius 2 is 1.82 bits per heavy atom. The van der Waals surface area contributed by atoms with E-state index in [0.717, 1.165) is 25.3 Å². The van der Waals surface area contributed by atoms with E-state index in [1.807, 2.05) is 42.5 Å². The third-order valence-electron chi connectivity index (χ3n) is 3.67. The maximum atomic E-state index is 12.1. The number of amides is 1. The molecule has 2 rings (SSSR count). The average Bonchev–Trinajstić information content (AvgIpc) is 2.59. The molecule has 1 amide bonds. The first-order chi connectivity index (χ1) is 10.7. The van der Waals surface area contributed by atoms with Crippen molar-refractivity contribution in [2.45, 2.75) is 26.9 Å². The smallest absolute Gasteiger partial charge is 0.251 e. The molecule has 0 atom stereocenters. The summed E-state index contributed by atoms with van der Waals surface area (Å²) in [5.41, 5.74) is 2.76. The van der Waals surface area contributed by atoms with Gasteiger partial charge >= 0.3 is 0 Å². The van der Waals surface area contributed by atoms with Crippen LogP contribution in [0.25, 0.3) is 0 Å². The summed E-state index contributed by atoms with van der Waals surface area (Å²) in [6, 6.07) is 13.5. The molecule has 1 aromatic carbocycles. The molecule has 22 heavy (non-hydrogen) atoms. The minimum absolute atomic E-state index is 0.0694. The number of rotatable bonds is 7. The van der Waals surface area contributed by atoms with Crippen molar-refractivity contribution in [2.24, 2.45) is 0 Å². The van der Waals surface area contributed by atoms with Crippen LogP contribution in [0.4, 0.5) is 0 Å². The molecule has 4 nitrogen and oxygen atoms in total. The minimum atomic E-state index is -0.0694. The molecule has 0 radical (unpaired) electrons. The molecule has 0 aliphatic rings. The van der Waals surface area contributed by atoms with Crippen LogP contribution in [0.1, 0.15) is 35.5 Å². The second kappa shape index (κ2) is 8.29. The number of carbonyl (C=O) groups is 1. The van der Waals surface area contributed by atoms with Crippen molar-refractivity contribution in [3.05, 3.63) is 65.5 Å². The topological polar surface area (TPSA) is 45.2 Å². The third-order valence-corrected chi connectivity index (χ3v) is 3.67. The fraction of sp³-hybridized carbons (Fsp3) is 0.333. The van der Waals surface area contributed by atoms with Crippen molar-refractivity contribution in [1.82, 2.24) is 15.2 Å². The van der Waals surface area contributed by atoms with Crippen molar-refractivity contribution in [2.75, 3.05) is 13.1 Å². The maximum Gasteiger partial charge on any atom is 0.251 e. The van der Waals surface area contributed by atoms with E-state index in [1.165, 1.54) is 5.56 Å². The van der Waals surface area contributed by atoms with E-state index in [-0.39, 0.29) is 5.91 Å². The summed E-state index contributed by atoms with van der Waals surface area (Å²) >= 11 is 0. The first-order valence-corrected chi connectivity index (χ1v) is 7.72. The van der Waals surface area contributed by atoms with Gasteiger partial charge in [-0.3, -0.25) is 14.7 Å². The van der Waals surface area contributed by atoms with Gasteiger partial charge < -0.3 is 5.32 Å². The standard InChI is InChI=1S/C18H23N3O/c1-3-21(4-2)14-15-8-10-16(11-9-15)18(22)20-13-17-7-5-6-12-19-17/h5-12H,3-4,13-14H2,1-2H3,(H,20,22). The number of hydrogen-bond donors (Lipinski definition) is 1. The van der Waals surface area contributed by atoms with Crippen molar-refractivity contribution in [3.63, 3.8) is 0 Å². The zero-order valence-corrected chi connectivity index (χ0v) is 13.2. The van der Waals surface area contributed by atoms with Crippen LogP contribution in [0.3, 0.4) is 0 Å². The molecule has 2 aromatic rings. The lowest BCUT2D eigenvalue weighted by Crippen LogP contribution is -2.24. The Kier molecular flexibility index (Phi) is 6.10. The van der Waals surface area contributed by atoms with E-state index in [1.54, 1.807) is 6.20 Å². The van der Waals surface area contributed by atoms with Gasteiger partial charge in [0.15, 0.2) is 0 Å². The Bertz CT molecular complexity index is 577. The summed E-state index contributed by atoms with van der Waals surface area (Å²) in [7, 11) is 0. The van der Waals surface area contributed by atoms with Crippen LogP contribution in [0.15, 0.2) is 48.7 Å². The normalized spacial score (nSPS) is 10.7. The Morgan fingerprint density at radius 3 is 2.41 bits per heavy atom. The fourth-order valence-corrected chi connectivity index (χ4v) is 2.24. The summed E-state index contributed by atoms with van der Waals surface area (Å²) < 4.78 is 0. The zero-order valence-electron chi connectivity index (χ0n) is 13.2. The number of pyridine rings is 1. The van der Waals surface area contributed by atoms with Crippen LogP contribution in [-0.2, 0) is 13.1 Å². The van der Waals surface area contributed by atoms with E-state index in [2.05, 4.69) is 29.0 Å². The van der Waals surface area contributed by atoms with Gasteiger partial charge in [0, 0.05) is 18.3 Å². The van der Waals surface area contributed by atoms with E-state index in [0.29, 0.717) is 12.1 Å². The number of benzene rings is 1. The van der Waals surface area contributed by atoms with E-state index >= 15 is 0 Å². The van der Waals surface area contributed by atoms with Crippen molar-refractivity contribution >= 4 is 5.91 Å². The van der Waals surface area contributed by atoms with Crippen LogP contribution < -0.4 is 5.32 Å². The Labute approximate surface area is 132 Å². The second-order valence-corrected chi connectivity index (χ2v) is 5.16. The first-order valence-electron chi connectivity index (χ1n) is 7.72. The molecular formula is C18H23N3O. The highest BCUT2D eigenvalue weighted by atomic mass is 16.1. The Balaban J connectivity index is 1.90. The summed E-state index contributed by atoms with van der Waals surface area (Å²) in [6.45, 7) is 7.74. The number of nitrogens with zero attached hydrogens (tertiary/aromatic N) is 2. The van der Waals surface area contributed by atoms with E-state index in [9.17, 15) is 4.79 Å². The highest BCUT2D eigenvalue weighted by Gasteiger charge is 2.06. The Hall–Kier alpha value is -2.20. The summed E-state index contributed by atoms with van der Waals surface area (Å²) in [6.07, 6.45) is 1.73. The Morgan fingerprint density at radius 1 is 1.09 bits per heavy atom. The van der Waals surface area contributed by atoms with Crippen molar-refractivity contribution in [3.8, 4) is 0 Å². The van der Waals surface area contributed by atoms with Crippen LogP contribution in [0.2, 0.25) is 0 Å². The summed E-state index contributed by atoms with van der Waals surface area (Å²) in [5.74, 6) is -0.0694. The van der Waals surface area contributed by atoms with Crippen LogP contribution in [0, 0.1) is 0 Å². The van der Waals surface area contributed by atoms with Gasteiger partial charge in [0.1, 0.15) is 0 Å². The molecule has 0 fully saturated rings. The summed E-state index contributed by atoms with van der Waals surface area (Å²) in [5, 5.41) is 2.89. The maximum absolute atomic E-state index is 12.1. The van der Waals surface area contributed by atoms with Gasteiger partial charge in [-0.2, -0.15) is 0 Å². The SMILES string of the molecule is CCN(CC)Cc1ccc(C(=O)NCc2ccccn2)cc1. The van der Waals surface area contributed by atoms with Gasteiger partial charge in [-0.05, 0) is 42.9 Å². The number of hydrogen-bond acceptors (Lipinski definition) is 3. The van der Waals surface area contributed by atoms with Gasteiger partial charge in [0.05, 0.1) is 12.2 Å². The quantitative estimate of drug-likeness (QED) is 0.854. The molecule has 0 aliphatic heterocycles. The predicted molar refractivity (Wildman–Crippen MR) is 88.5 cm³/mol. The highest BCUT2D eigenvalue weighted by molar-refractivity contribution is 5.94. The van der Waals surface area contributed by atoms with Gasteiger partial charge in [-0.1, -0.05) is 32.0 Å². The summed E-state index contributed by atoms with van der Waals surface area (Å²) in [4.78, 5) is 18.6.